The number of benzene rings is 2. The molecule has 0 unspecified atom stereocenters. The summed E-state index contributed by atoms with van der Waals surface area (Å²) in [6.07, 6.45) is 2.57. The van der Waals surface area contributed by atoms with Gasteiger partial charge in [0, 0.05) is 45.2 Å². The van der Waals surface area contributed by atoms with Crippen LogP contribution < -0.4 is 19.7 Å². The zero-order chi connectivity index (χ0) is 27.4. The van der Waals surface area contributed by atoms with E-state index in [2.05, 4.69) is 26.6 Å². The molecule has 1 saturated heterocycles. The average molecular weight is 645 g/mol. The Labute approximate surface area is 264 Å². The molecule has 2 aromatic carbocycles. The van der Waals surface area contributed by atoms with Gasteiger partial charge < -0.3 is 24.3 Å². The molecule has 8 nitrogen and oxygen atoms in total. The van der Waals surface area contributed by atoms with E-state index in [4.69, 9.17) is 37.7 Å². The minimum Gasteiger partial charge on any atom is -0.486 e. The topological polar surface area (TPSA) is 71.9 Å². The normalized spacial score (nSPS) is 14.7. The number of hydrogen-bond donors (Lipinski definition) is 1. The first-order chi connectivity index (χ1) is 19.0. The van der Waals surface area contributed by atoms with Crippen LogP contribution in [0.1, 0.15) is 41.8 Å². The SMILES string of the molecule is CCCc1nc(C(=O)NCCCN2CCN(c3cccc(Cl)c3Cl)CC2)c(C)n1-c1ccc2c(c1)OCCO2.Cl.Cl. The van der Waals surface area contributed by atoms with Crippen molar-refractivity contribution in [3.8, 4) is 17.2 Å². The highest BCUT2D eigenvalue weighted by Crippen LogP contribution is 2.34. The highest BCUT2D eigenvalue weighted by atomic mass is 35.5. The first-order valence-corrected chi connectivity index (χ1v) is 14.4. The number of nitrogens with one attached hydrogen (secondary N) is 1. The maximum atomic E-state index is 13.1. The van der Waals surface area contributed by atoms with Crippen LogP contribution in [-0.4, -0.2) is 72.8 Å². The number of amides is 1. The van der Waals surface area contributed by atoms with Gasteiger partial charge in [-0.05, 0) is 50.6 Å². The smallest absolute Gasteiger partial charge is 0.271 e. The van der Waals surface area contributed by atoms with E-state index in [0.29, 0.717) is 35.5 Å². The lowest BCUT2D eigenvalue weighted by atomic mass is 10.2. The Bertz CT molecular complexity index is 1330. The van der Waals surface area contributed by atoms with Crippen LogP contribution in [0.5, 0.6) is 11.5 Å². The standard InChI is InChI=1S/C29H35Cl2N5O3.2ClH/c1-3-6-26-33-28(20(2)36(26)21-9-10-24-25(19-21)39-18-17-38-24)29(37)32-11-5-12-34-13-15-35(16-14-34)23-8-4-7-22(30)27(23)31;;/h4,7-10,19H,3,5-6,11-18H2,1-2H3,(H,32,37);2*1H. The van der Waals surface area contributed by atoms with E-state index in [0.717, 1.165) is 86.4 Å². The molecule has 0 aliphatic carbocycles. The molecule has 5 rings (SSSR count). The molecule has 0 radical (unpaired) electrons. The zero-order valence-electron chi connectivity index (χ0n) is 23.3. The number of carbonyl (C=O) groups is 1. The van der Waals surface area contributed by atoms with Crippen LogP contribution in [-0.2, 0) is 6.42 Å². The Balaban J connectivity index is 0.00000231. The van der Waals surface area contributed by atoms with Crippen molar-refractivity contribution in [1.82, 2.24) is 19.8 Å². The Morgan fingerprint density at radius 2 is 1.76 bits per heavy atom. The molecule has 0 saturated carbocycles. The molecule has 3 heterocycles. The molecule has 0 bridgehead atoms. The van der Waals surface area contributed by atoms with Gasteiger partial charge in [0.05, 0.1) is 27.1 Å². The van der Waals surface area contributed by atoms with E-state index in [9.17, 15) is 4.79 Å². The number of carbonyl (C=O) groups excluding carboxylic acids is 1. The van der Waals surface area contributed by atoms with Crippen molar-refractivity contribution in [3.63, 3.8) is 0 Å². The predicted octanol–water partition coefficient (Wildman–Crippen LogP) is 6.00. The molecule has 2 aliphatic heterocycles. The molecule has 1 amide bonds. The third-order valence-electron chi connectivity index (χ3n) is 7.23. The lowest BCUT2D eigenvalue weighted by Crippen LogP contribution is -2.47. The predicted molar refractivity (Wildman–Crippen MR) is 170 cm³/mol. The zero-order valence-corrected chi connectivity index (χ0v) is 26.5. The second kappa shape index (κ2) is 15.2. The fourth-order valence-corrected chi connectivity index (χ4v) is 5.63. The van der Waals surface area contributed by atoms with Crippen LogP contribution in [0.4, 0.5) is 5.69 Å². The summed E-state index contributed by atoms with van der Waals surface area (Å²) in [4.78, 5) is 22.6. The summed E-state index contributed by atoms with van der Waals surface area (Å²) >= 11 is 12.6. The number of rotatable bonds is 9. The minimum absolute atomic E-state index is 0. The van der Waals surface area contributed by atoms with Crippen LogP contribution in [0.15, 0.2) is 36.4 Å². The Hall–Kier alpha value is -2.36. The van der Waals surface area contributed by atoms with E-state index in [1.54, 1.807) is 0 Å². The van der Waals surface area contributed by atoms with E-state index < -0.39 is 0 Å². The molecule has 2 aliphatic rings. The van der Waals surface area contributed by atoms with E-state index in [-0.39, 0.29) is 30.7 Å². The Morgan fingerprint density at radius 1 is 1.02 bits per heavy atom. The molecule has 224 valence electrons. The second-order valence-corrected chi connectivity index (χ2v) is 10.7. The number of aryl methyl sites for hydroxylation is 1. The number of imidazole rings is 1. The highest BCUT2D eigenvalue weighted by Gasteiger charge is 2.23. The van der Waals surface area contributed by atoms with Gasteiger partial charge in [0.1, 0.15) is 24.7 Å². The number of piperazine rings is 1. The van der Waals surface area contributed by atoms with Crippen molar-refractivity contribution in [2.75, 3.05) is 57.4 Å². The summed E-state index contributed by atoms with van der Waals surface area (Å²) in [6.45, 7) is 10.3. The number of nitrogens with zero attached hydrogens (tertiary/aromatic N) is 4. The van der Waals surface area contributed by atoms with Crippen molar-refractivity contribution < 1.29 is 14.3 Å². The summed E-state index contributed by atoms with van der Waals surface area (Å²) in [6, 6.07) is 11.6. The van der Waals surface area contributed by atoms with Crippen molar-refractivity contribution in [2.45, 2.75) is 33.1 Å². The largest absolute Gasteiger partial charge is 0.486 e. The summed E-state index contributed by atoms with van der Waals surface area (Å²) < 4.78 is 13.5. The van der Waals surface area contributed by atoms with Gasteiger partial charge in [0.2, 0.25) is 0 Å². The number of ether oxygens (including phenoxy) is 2. The van der Waals surface area contributed by atoms with Crippen molar-refractivity contribution in [3.05, 3.63) is 63.7 Å². The molecular formula is C29H37Cl4N5O3. The van der Waals surface area contributed by atoms with Crippen LogP contribution in [0.3, 0.4) is 0 Å². The van der Waals surface area contributed by atoms with Gasteiger partial charge in [0.25, 0.3) is 5.91 Å². The van der Waals surface area contributed by atoms with Crippen LogP contribution in [0, 0.1) is 6.92 Å². The summed E-state index contributed by atoms with van der Waals surface area (Å²) in [7, 11) is 0. The Kier molecular flexibility index (Phi) is 12.3. The van der Waals surface area contributed by atoms with Gasteiger partial charge in [-0.15, -0.1) is 24.8 Å². The molecule has 1 fully saturated rings. The van der Waals surface area contributed by atoms with Crippen LogP contribution in [0.25, 0.3) is 5.69 Å². The lowest BCUT2D eigenvalue weighted by molar-refractivity contribution is 0.0946. The summed E-state index contributed by atoms with van der Waals surface area (Å²) in [5.41, 5.74) is 3.21. The quantitative estimate of drug-likeness (QED) is 0.288. The lowest BCUT2D eigenvalue weighted by Gasteiger charge is -2.36. The van der Waals surface area contributed by atoms with Gasteiger partial charge in [0.15, 0.2) is 11.5 Å². The molecule has 3 aromatic rings. The first-order valence-electron chi connectivity index (χ1n) is 13.6. The first kappa shape index (κ1) is 33.1. The van der Waals surface area contributed by atoms with Crippen LogP contribution in [0.2, 0.25) is 10.0 Å². The molecule has 41 heavy (non-hydrogen) atoms. The highest BCUT2D eigenvalue weighted by molar-refractivity contribution is 6.43. The maximum absolute atomic E-state index is 13.1. The molecule has 12 heteroatoms. The van der Waals surface area contributed by atoms with E-state index >= 15 is 0 Å². The number of halogens is 4. The number of aromatic nitrogens is 2. The summed E-state index contributed by atoms with van der Waals surface area (Å²) in [5.74, 6) is 2.19. The maximum Gasteiger partial charge on any atom is 0.271 e. The number of hydrogen-bond acceptors (Lipinski definition) is 6. The third-order valence-corrected chi connectivity index (χ3v) is 8.04. The van der Waals surface area contributed by atoms with Crippen molar-refractivity contribution in [1.29, 1.82) is 0 Å². The fourth-order valence-electron chi connectivity index (χ4n) is 5.22. The third kappa shape index (κ3) is 7.54. The monoisotopic (exact) mass is 643 g/mol. The molecule has 1 N–H and O–H groups in total. The number of fused-ring (bicyclic) bond motifs is 1. The fraction of sp³-hybridized carbons (Fsp3) is 0.448. The van der Waals surface area contributed by atoms with Gasteiger partial charge in [-0.2, -0.15) is 0 Å². The average Bonchev–Trinajstić information content (AvgIpc) is 3.28. The van der Waals surface area contributed by atoms with Crippen LogP contribution >= 0.6 is 48.0 Å². The summed E-state index contributed by atoms with van der Waals surface area (Å²) in [5, 5.41) is 4.28. The van der Waals surface area contributed by atoms with Crippen molar-refractivity contribution in [2.24, 2.45) is 0 Å². The minimum atomic E-state index is -0.137. The van der Waals surface area contributed by atoms with Crippen molar-refractivity contribution >= 4 is 59.6 Å². The molecular weight excluding hydrogens is 608 g/mol. The Morgan fingerprint density at radius 3 is 2.49 bits per heavy atom. The van der Waals surface area contributed by atoms with Gasteiger partial charge >= 0.3 is 0 Å². The molecule has 0 spiro atoms. The van der Waals surface area contributed by atoms with E-state index in [1.807, 2.05) is 43.3 Å². The van der Waals surface area contributed by atoms with Gasteiger partial charge in [-0.3, -0.25) is 9.69 Å². The molecule has 1 aromatic heterocycles. The van der Waals surface area contributed by atoms with Gasteiger partial charge in [-0.25, -0.2) is 4.98 Å². The second-order valence-electron chi connectivity index (χ2n) is 9.89. The number of anilines is 1. The van der Waals surface area contributed by atoms with E-state index in [1.165, 1.54) is 0 Å². The molecule has 0 atom stereocenters. The van der Waals surface area contributed by atoms with Gasteiger partial charge in [-0.1, -0.05) is 36.2 Å².